The zero-order valence-electron chi connectivity index (χ0n) is 11.0. The molecule has 0 saturated heterocycles. The molecular formula is C14H17N5. The first kappa shape index (κ1) is 12.0. The SMILES string of the molecule is CN(Cc1cccnc1)c1ncnc2c1CNCC2. The highest BCUT2D eigenvalue weighted by molar-refractivity contribution is 5.49. The number of pyridine rings is 1. The summed E-state index contributed by atoms with van der Waals surface area (Å²) >= 11 is 0. The summed E-state index contributed by atoms with van der Waals surface area (Å²) in [5.74, 6) is 1.01. The van der Waals surface area contributed by atoms with E-state index in [-0.39, 0.29) is 0 Å². The molecule has 0 aromatic carbocycles. The molecule has 0 atom stereocenters. The van der Waals surface area contributed by atoms with Crippen LogP contribution < -0.4 is 10.2 Å². The summed E-state index contributed by atoms with van der Waals surface area (Å²) in [6.07, 6.45) is 6.33. The minimum absolute atomic E-state index is 0.803. The first-order valence-electron chi connectivity index (χ1n) is 6.48. The smallest absolute Gasteiger partial charge is 0.136 e. The van der Waals surface area contributed by atoms with Crippen molar-refractivity contribution < 1.29 is 0 Å². The average Bonchev–Trinajstić information content (AvgIpc) is 2.47. The molecular weight excluding hydrogens is 238 g/mol. The molecule has 0 unspecified atom stereocenters. The molecule has 1 aliphatic rings. The summed E-state index contributed by atoms with van der Waals surface area (Å²) in [5.41, 5.74) is 3.57. The van der Waals surface area contributed by atoms with Gasteiger partial charge in [0.1, 0.15) is 12.1 Å². The molecule has 0 aliphatic carbocycles. The third-order valence-corrected chi connectivity index (χ3v) is 3.36. The first-order chi connectivity index (χ1) is 9.34. The van der Waals surface area contributed by atoms with Gasteiger partial charge < -0.3 is 10.2 Å². The molecule has 2 aromatic heterocycles. The van der Waals surface area contributed by atoms with Crippen molar-refractivity contribution in [1.29, 1.82) is 0 Å². The topological polar surface area (TPSA) is 53.9 Å². The van der Waals surface area contributed by atoms with Gasteiger partial charge in [-0.1, -0.05) is 6.07 Å². The van der Waals surface area contributed by atoms with Crippen LogP contribution in [-0.4, -0.2) is 28.5 Å². The van der Waals surface area contributed by atoms with Crippen molar-refractivity contribution in [2.24, 2.45) is 0 Å². The van der Waals surface area contributed by atoms with E-state index in [0.29, 0.717) is 0 Å². The minimum atomic E-state index is 0.803. The Labute approximate surface area is 112 Å². The molecule has 3 heterocycles. The largest absolute Gasteiger partial charge is 0.355 e. The highest BCUT2D eigenvalue weighted by Crippen LogP contribution is 2.22. The van der Waals surface area contributed by atoms with Crippen molar-refractivity contribution in [3.05, 3.63) is 47.7 Å². The van der Waals surface area contributed by atoms with E-state index in [1.165, 1.54) is 16.8 Å². The molecule has 3 rings (SSSR count). The third-order valence-electron chi connectivity index (χ3n) is 3.36. The molecule has 19 heavy (non-hydrogen) atoms. The van der Waals surface area contributed by atoms with E-state index in [2.05, 4.69) is 38.3 Å². The van der Waals surface area contributed by atoms with Gasteiger partial charge in [-0.3, -0.25) is 4.98 Å². The summed E-state index contributed by atoms with van der Waals surface area (Å²) in [6.45, 7) is 2.65. The normalized spacial score (nSPS) is 13.9. The van der Waals surface area contributed by atoms with E-state index in [9.17, 15) is 0 Å². The van der Waals surface area contributed by atoms with Crippen molar-refractivity contribution in [2.45, 2.75) is 19.5 Å². The quantitative estimate of drug-likeness (QED) is 0.891. The van der Waals surface area contributed by atoms with E-state index in [4.69, 9.17) is 0 Å². The van der Waals surface area contributed by atoms with E-state index in [1.54, 1.807) is 12.5 Å². The Morgan fingerprint density at radius 3 is 3.16 bits per heavy atom. The van der Waals surface area contributed by atoms with Crippen LogP contribution in [0.25, 0.3) is 0 Å². The standard InChI is InChI=1S/C14H17N5/c1-19(9-11-3-2-5-15-7-11)14-12-8-16-6-4-13(12)17-10-18-14/h2-3,5,7,10,16H,4,6,8-9H2,1H3. The summed E-state index contributed by atoms with van der Waals surface area (Å²) in [7, 11) is 2.06. The van der Waals surface area contributed by atoms with Crippen molar-refractivity contribution in [1.82, 2.24) is 20.3 Å². The van der Waals surface area contributed by atoms with E-state index in [0.717, 1.165) is 31.9 Å². The van der Waals surface area contributed by atoms with Crippen molar-refractivity contribution >= 4 is 5.82 Å². The summed E-state index contributed by atoms with van der Waals surface area (Å²) in [6, 6.07) is 4.04. The van der Waals surface area contributed by atoms with Gasteiger partial charge in [0.05, 0.1) is 5.69 Å². The predicted octanol–water partition coefficient (Wildman–Crippen LogP) is 1.15. The van der Waals surface area contributed by atoms with Crippen LogP contribution in [-0.2, 0) is 19.5 Å². The monoisotopic (exact) mass is 255 g/mol. The number of hydrogen-bond donors (Lipinski definition) is 1. The zero-order chi connectivity index (χ0) is 13.1. The van der Waals surface area contributed by atoms with Gasteiger partial charge >= 0.3 is 0 Å². The van der Waals surface area contributed by atoms with Crippen molar-refractivity contribution in [3.8, 4) is 0 Å². The fourth-order valence-corrected chi connectivity index (χ4v) is 2.42. The van der Waals surface area contributed by atoms with Crippen LogP contribution in [0.5, 0.6) is 0 Å². The first-order valence-corrected chi connectivity index (χ1v) is 6.48. The molecule has 0 spiro atoms. The molecule has 2 aromatic rings. The van der Waals surface area contributed by atoms with Gasteiger partial charge in [0.15, 0.2) is 0 Å². The molecule has 0 saturated carbocycles. The van der Waals surface area contributed by atoms with Crippen LogP contribution in [0.2, 0.25) is 0 Å². The minimum Gasteiger partial charge on any atom is -0.355 e. The molecule has 0 amide bonds. The Hall–Kier alpha value is -2.01. The Morgan fingerprint density at radius 1 is 1.37 bits per heavy atom. The van der Waals surface area contributed by atoms with Gasteiger partial charge in [0.25, 0.3) is 0 Å². The Balaban J connectivity index is 1.86. The van der Waals surface area contributed by atoms with Crippen LogP contribution in [0, 0.1) is 0 Å². The van der Waals surface area contributed by atoms with Crippen LogP contribution >= 0.6 is 0 Å². The Morgan fingerprint density at radius 2 is 2.32 bits per heavy atom. The zero-order valence-corrected chi connectivity index (χ0v) is 11.0. The molecule has 1 aliphatic heterocycles. The molecule has 5 nitrogen and oxygen atoms in total. The maximum atomic E-state index is 4.44. The lowest BCUT2D eigenvalue weighted by molar-refractivity contribution is 0.622. The van der Waals surface area contributed by atoms with Gasteiger partial charge in [-0.05, 0) is 11.6 Å². The summed E-state index contributed by atoms with van der Waals surface area (Å²) in [4.78, 5) is 15.1. The van der Waals surface area contributed by atoms with Gasteiger partial charge in [0, 0.05) is 51.1 Å². The van der Waals surface area contributed by atoms with E-state index >= 15 is 0 Å². The maximum absolute atomic E-state index is 4.44. The predicted molar refractivity (Wildman–Crippen MR) is 73.8 cm³/mol. The Kier molecular flexibility index (Phi) is 3.37. The highest BCUT2D eigenvalue weighted by atomic mass is 15.2. The van der Waals surface area contributed by atoms with Gasteiger partial charge in [-0.25, -0.2) is 9.97 Å². The van der Waals surface area contributed by atoms with Crippen molar-refractivity contribution in [3.63, 3.8) is 0 Å². The molecule has 98 valence electrons. The Bertz CT molecular complexity index is 555. The fourth-order valence-electron chi connectivity index (χ4n) is 2.42. The second-order valence-electron chi connectivity index (χ2n) is 4.77. The lowest BCUT2D eigenvalue weighted by Crippen LogP contribution is -2.29. The fraction of sp³-hybridized carbons (Fsp3) is 0.357. The lowest BCUT2D eigenvalue weighted by Gasteiger charge is -2.24. The molecule has 0 fully saturated rings. The number of nitrogens with zero attached hydrogens (tertiary/aromatic N) is 4. The van der Waals surface area contributed by atoms with E-state index < -0.39 is 0 Å². The highest BCUT2D eigenvalue weighted by Gasteiger charge is 2.17. The van der Waals surface area contributed by atoms with Gasteiger partial charge in [-0.15, -0.1) is 0 Å². The van der Waals surface area contributed by atoms with Gasteiger partial charge in [0.2, 0.25) is 0 Å². The summed E-state index contributed by atoms with van der Waals surface area (Å²) in [5, 5.41) is 3.38. The van der Waals surface area contributed by atoms with Crippen LogP contribution in [0.4, 0.5) is 5.82 Å². The van der Waals surface area contributed by atoms with E-state index in [1.807, 2.05) is 12.3 Å². The van der Waals surface area contributed by atoms with Crippen LogP contribution in [0.3, 0.4) is 0 Å². The molecule has 0 bridgehead atoms. The van der Waals surface area contributed by atoms with Gasteiger partial charge in [-0.2, -0.15) is 0 Å². The van der Waals surface area contributed by atoms with Crippen LogP contribution in [0.15, 0.2) is 30.9 Å². The number of rotatable bonds is 3. The number of aromatic nitrogens is 3. The second-order valence-corrected chi connectivity index (χ2v) is 4.77. The number of hydrogen-bond acceptors (Lipinski definition) is 5. The second kappa shape index (κ2) is 5.32. The lowest BCUT2D eigenvalue weighted by atomic mass is 10.1. The summed E-state index contributed by atoms with van der Waals surface area (Å²) < 4.78 is 0. The van der Waals surface area contributed by atoms with Crippen LogP contribution in [0.1, 0.15) is 16.8 Å². The average molecular weight is 255 g/mol. The molecule has 1 N–H and O–H groups in total. The number of nitrogens with one attached hydrogen (secondary N) is 1. The molecule has 5 heteroatoms. The third kappa shape index (κ3) is 2.56. The van der Waals surface area contributed by atoms with Crippen molar-refractivity contribution in [2.75, 3.05) is 18.5 Å². The molecule has 0 radical (unpaired) electrons. The maximum Gasteiger partial charge on any atom is 0.136 e. The number of anilines is 1. The number of fused-ring (bicyclic) bond motifs is 1.